The topological polar surface area (TPSA) is 55.4 Å². The molecule has 1 fully saturated rings. The molecule has 1 saturated heterocycles. The molecule has 0 aromatic rings. The predicted molar refractivity (Wildman–Crippen MR) is 42.6 cm³/mol. The van der Waals surface area contributed by atoms with Gasteiger partial charge in [0.2, 0.25) is 0 Å². The van der Waals surface area contributed by atoms with Crippen molar-refractivity contribution in [2.75, 3.05) is 20.1 Å². The zero-order valence-electron chi connectivity index (χ0n) is 6.58. The second-order valence-corrected chi connectivity index (χ2v) is 3.75. The van der Waals surface area contributed by atoms with Crippen molar-refractivity contribution in [3.05, 3.63) is 0 Å². The van der Waals surface area contributed by atoms with Gasteiger partial charge in [-0.2, -0.15) is 0 Å². The highest BCUT2D eigenvalue weighted by molar-refractivity contribution is 7.76. The molecule has 0 spiro atoms. The molecule has 1 aliphatic rings. The number of hydrogen-bond donors (Lipinski definition) is 1. The van der Waals surface area contributed by atoms with E-state index >= 15 is 0 Å². The van der Waals surface area contributed by atoms with Crippen molar-refractivity contribution < 1.29 is 8.76 Å². The molecular weight excluding hydrogens is 164 g/mol. The second kappa shape index (κ2) is 4.15. The predicted octanol–water partition coefficient (Wildman–Crippen LogP) is -0.536. The smallest absolute Gasteiger partial charge is 0.0236 e. The van der Waals surface area contributed by atoms with Crippen LogP contribution in [0.1, 0.15) is 12.8 Å². The summed E-state index contributed by atoms with van der Waals surface area (Å²) in [6.45, 7) is 1.85. The lowest BCUT2D eigenvalue weighted by molar-refractivity contribution is 0.289. The van der Waals surface area contributed by atoms with Crippen LogP contribution in [0, 0.1) is 0 Å². The third kappa shape index (κ3) is 2.52. The molecule has 0 radical (unpaired) electrons. The monoisotopic (exact) mass is 177 g/mol. The average molecular weight is 177 g/mol. The Kier molecular flexibility index (Phi) is 3.45. The van der Waals surface area contributed by atoms with Crippen LogP contribution in [0.25, 0.3) is 0 Å². The molecule has 5 heteroatoms. The third-order valence-electron chi connectivity index (χ3n) is 2.06. The zero-order valence-corrected chi connectivity index (χ0v) is 7.39. The van der Waals surface area contributed by atoms with E-state index in [2.05, 4.69) is 5.32 Å². The molecule has 4 nitrogen and oxygen atoms in total. The first kappa shape index (κ1) is 9.12. The van der Waals surface area contributed by atoms with Gasteiger partial charge in [0, 0.05) is 17.3 Å². The summed E-state index contributed by atoms with van der Waals surface area (Å²) in [6, 6.07) is 0.203. The van der Waals surface area contributed by atoms with Gasteiger partial charge in [0.05, 0.1) is 0 Å². The standard InChI is InChI=1S/C6H14N2O2S/c1-8(11(9)10)6-2-4-7-5-3-6/h6-7H,2-5H2,1H3,(H,9,10)/p-1. The third-order valence-corrected chi connectivity index (χ3v) is 2.83. The van der Waals surface area contributed by atoms with Crippen LogP contribution in [0.15, 0.2) is 0 Å². The minimum absolute atomic E-state index is 0.203. The van der Waals surface area contributed by atoms with Crippen molar-refractivity contribution >= 4 is 11.3 Å². The van der Waals surface area contributed by atoms with E-state index < -0.39 is 11.3 Å². The van der Waals surface area contributed by atoms with Gasteiger partial charge in [0.1, 0.15) is 0 Å². The number of nitrogens with one attached hydrogen (secondary N) is 1. The normalized spacial score (nSPS) is 23.9. The lowest BCUT2D eigenvalue weighted by Crippen LogP contribution is -2.41. The maximum atomic E-state index is 10.5. The van der Waals surface area contributed by atoms with Crippen LogP contribution in [0.2, 0.25) is 0 Å². The van der Waals surface area contributed by atoms with Gasteiger partial charge >= 0.3 is 0 Å². The molecule has 1 aliphatic heterocycles. The van der Waals surface area contributed by atoms with E-state index in [1.165, 1.54) is 4.31 Å². The summed E-state index contributed by atoms with van der Waals surface area (Å²) >= 11 is -2.05. The Labute approximate surface area is 69.4 Å². The van der Waals surface area contributed by atoms with Crippen molar-refractivity contribution in [1.82, 2.24) is 9.62 Å². The summed E-state index contributed by atoms with van der Waals surface area (Å²) in [5.74, 6) is 0. The first-order chi connectivity index (χ1) is 5.22. The van der Waals surface area contributed by atoms with Crippen molar-refractivity contribution in [3.63, 3.8) is 0 Å². The Morgan fingerprint density at radius 1 is 1.55 bits per heavy atom. The highest BCUT2D eigenvalue weighted by atomic mass is 32.2. The Balaban J connectivity index is 2.38. The molecular formula is C6H13N2O2S-. The molecule has 0 aliphatic carbocycles. The fourth-order valence-corrected chi connectivity index (χ4v) is 1.75. The van der Waals surface area contributed by atoms with Gasteiger partial charge in [0.25, 0.3) is 0 Å². The van der Waals surface area contributed by atoms with E-state index in [0.29, 0.717) is 0 Å². The van der Waals surface area contributed by atoms with E-state index in [1.54, 1.807) is 7.05 Å². The van der Waals surface area contributed by atoms with E-state index in [1.807, 2.05) is 0 Å². The second-order valence-electron chi connectivity index (χ2n) is 2.74. The molecule has 1 heterocycles. The Morgan fingerprint density at radius 2 is 2.09 bits per heavy atom. The highest BCUT2D eigenvalue weighted by Gasteiger charge is 2.17. The summed E-state index contributed by atoms with van der Waals surface area (Å²) in [5.41, 5.74) is 0. The molecule has 66 valence electrons. The Morgan fingerprint density at radius 3 is 2.55 bits per heavy atom. The van der Waals surface area contributed by atoms with Gasteiger partial charge in [-0.15, -0.1) is 0 Å². The number of nitrogens with zero attached hydrogens (tertiary/aromatic N) is 1. The van der Waals surface area contributed by atoms with Crippen LogP contribution in [-0.2, 0) is 11.3 Å². The molecule has 1 rings (SSSR count). The van der Waals surface area contributed by atoms with Crippen LogP contribution in [0.4, 0.5) is 0 Å². The minimum Gasteiger partial charge on any atom is -0.760 e. The summed E-state index contributed by atoms with van der Waals surface area (Å²) < 4.78 is 22.4. The Hall–Kier alpha value is 0.0300. The molecule has 0 aromatic carbocycles. The largest absolute Gasteiger partial charge is 0.760 e. The van der Waals surface area contributed by atoms with Crippen LogP contribution in [0.3, 0.4) is 0 Å². The molecule has 0 aromatic heterocycles. The van der Waals surface area contributed by atoms with Crippen LogP contribution >= 0.6 is 0 Å². The van der Waals surface area contributed by atoms with Crippen LogP contribution in [-0.4, -0.2) is 39.2 Å². The van der Waals surface area contributed by atoms with E-state index in [0.717, 1.165) is 25.9 Å². The number of hydrogen-bond acceptors (Lipinski definition) is 3. The molecule has 11 heavy (non-hydrogen) atoms. The highest BCUT2D eigenvalue weighted by Crippen LogP contribution is 2.10. The van der Waals surface area contributed by atoms with E-state index in [9.17, 15) is 8.76 Å². The lowest BCUT2D eigenvalue weighted by Gasteiger charge is -2.32. The van der Waals surface area contributed by atoms with Crippen LogP contribution < -0.4 is 5.32 Å². The number of rotatable bonds is 2. The van der Waals surface area contributed by atoms with Gasteiger partial charge in [-0.25, -0.2) is 4.31 Å². The van der Waals surface area contributed by atoms with E-state index in [-0.39, 0.29) is 6.04 Å². The van der Waals surface area contributed by atoms with Crippen molar-refractivity contribution in [2.24, 2.45) is 0 Å². The fraction of sp³-hybridized carbons (Fsp3) is 1.00. The van der Waals surface area contributed by atoms with Gasteiger partial charge < -0.3 is 9.87 Å². The lowest BCUT2D eigenvalue weighted by atomic mass is 10.1. The summed E-state index contributed by atoms with van der Waals surface area (Å²) in [5, 5.41) is 3.18. The molecule has 0 saturated carbocycles. The first-order valence-corrected chi connectivity index (χ1v) is 4.78. The summed E-state index contributed by atoms with van der Waals surface area (Å²) in [4.78, 5) is 0. The maximum Gasteiger partial charge on any atom is 0.0236 e. The summed E-state index contributed by atoms with van der Waals surface area (Å²) in [6.07, 6.45) is 1.84. The van der Waals surface area contributed by atoms with Gasteiger partial charge in [-0.3, -0.25) is 4.21 Å². The minimum atomic E-state index is -2.05. The van der Waals surface area contributed by atoms with Gasteiger partial charge in [-0.05, 0) is 33.0 Å². The van der Waals surface area contributed by atoms with Gasteiger partial charge in [-0.1, -0.05) is 0 Å². The zero-order chi connectivity index (χ0) is 8.27. The summed E-state index contributed by atoms with van der Waals surface area (Å²) in [7, 11) is 1.62. The molecule has 1 unspecified atom stereocenters. The van der Waals surface area contributed by atoms with Crippen molar-refractivity contribution in [1.29, 1.82) is 0 Å². The molecule has 1 atom stereocenters. The van der Waals surface area contributed by atoms with Gasteiger partial charge in [0.15, 0.2) is 0 Å². The molecule has 0 amide bonds. The van der Waals surface area contributed by atoms with E-state index in [4.69, 9.17) is 0 Å². The maximum absolute atomic E-state index is 10.5. The van der Waals surface area contributed by atoms with Crippen molar-refractivity contribution in [3.8, 4) is 0 Å². The fourth-order valence-electron chi connectivity index (χ4n) is 1.29. The average Bonchev–Trinajstić information content (AvgIpc) is 2.05. The Bertz CT molecular complexity index is 148. The van der Waals surface area contributed by atoms with Crippen LogP contribution in [0.5, 0.6) is 0 Å². The molecule has 0 bridgehead atoms. The quantitative estimate of drug-likeness (QED) is 0.577. The SMILES string of the molecule is CN(C1CCNCC1)S(=O)[O-]. The molecule has 1 N–H and O–H groups in total. The first-order valence-electron chi connectivity index (χ1n) is 3.74. The van der Waals surface area contributed by atoms with Crippen molar-refractivity contribution in [2.45, 2.75) is 18.9 Å². The number of piperidine rings is 1.